The molecule has 0 radical (unpaired) electrons. The Kier molecular flexibility index (Phi) is 5.18. The van der Waals surface area contributed by atoms with Crippen LogP contribution in [-0.4, -0.2) is 0 Å². The number of fused-ring (bicyclic) bond motifs is 10. The van der Waals surface area contributed by atoms with Crippen molar-refractivity contribution in [3.05, 3.63) is 157 Å². The summed E-state index contributed by atoms with van der Waals surface area (Å²) in [6.45, 7) is 0. The summed E-state index contributed by atoms with van der Waals surface area (Å²) in [5, 5.41) is 11.3. The van der Waals surface area contributed by atoms with Crippen molar-refractivity contribution in [3.8, 4) is 33.4 Å². The van der Waals surface area contributed by atoms with Gasteiger partial charge in [0.25, 0.3) is 0 Å². The van der Waals surface area contributed by atoms with Crippen LogP contribution in [0.3, 0.4) is 0 Å². The third-order valence-electron chi connectivity index (χ3n) is 9.93. The summed E-state index contributed by atoms with van der Waals surface area (Å²) < 4.78 is 6.85. The number of hydrogen-bond acceptors (Lipinski definition) is 1. The van der Waals surface area contributed by atoms with E-state index in [0.29, 0.717) is 0 Å². The average molecular weight is 573 g/mol. The molecule has 45 heavy (non-hydrogen) atoms. The number of hydrogen-bond donors (Lipinski definition) is 0. The van der Waals surface area contributed by atoms with Gasteiger partial charge in [-0.05, 0) is 77.8 Å². The first-order valence-corrected chi connectivity index (χ1v) is 15.8. The summed E-state index contributed by atoms with van der Waals surface area (Å²) in [4.78, 5) is 0. The van der Waals surface area contributed by atoms with Crippen LogP contribution >= 0.6 is 0 Å². The summed E-state index contributed by atoms with van der Waals surface area (Å²) in [7, 11) is 0. The molecule has 0 amide bonds. The van der Waals surface area contributed by atoms with Gasteiger partial charge in [-0.2, -0.15) is 0 Å². The van der Waals surface area contributed by atoms with Gasteiger partial charge in [-0.3, -0.25) is 0 Å². The molecule has 0 saturated carbocycles. The van der Waals surface area contributed by atoms with E-state index >= 15 is 0 Å². The average Bonchev–Trinajstić information content (AvgIpc) is 3.50. The number of furan rings is 1. The Bertz CT molecular complexity index is 2600. The van der Waals surface area contributed by atoms with Gasteiger partial charge >= 0.3 is 0 Å². The molecule has 1 aliphatic rings. The fourth-order valence-electron chi connectivity index (χ4n) is 8.04. The van der Waals surface area contributed by atoms with Gasteiger partial charge in [0.2, 0.25) is 0 Å². The zero-order chi connectivity index (χ0) is 29.5. The molecule has 0 atom stereocenters. The van der Waals surface area contributed by atoms with Gasteiger partial charge in [0.05, 0.1) is 0 Å². The molecule has 0 aliphatic heterocycles. The van der Waals surface area contributed by atoms with E-state index in [-0.39, 0.29) is 0 Å². The quantitative estimate of drug-likeness (QED) is 0.148. The monoisotopic (exact) mass is 572 g/mol. The second-order valence-corrected chi connectivity index (χ2v) is 12.3. The summed E-state index contributed by atoms with van der Waals surface area (Å²) in [6, 6.07) is 53.4. The van der Waals surface area contributed by atoms with Crippen molar-refractivity contribution < 1.29 is 4.42 Å². The normalized spacial score (nSPS) is 12.7. The Hall–Kier alpha value is -5.66. The van der Waals surface area contributed by atoms with Gasteiger partial charge in [-0.15, -0.1) is 0 Å². The minimum Gasteiger partial charge on any atom is -0.460 e. The highest BCUT2D eigenvalue weighted by atomic mass is 16.3. The van der Waals surface area contributed by atoms with Crippen molar-refractivity contribution in [1.82, 2.24) is 0 Å². The topological polar surface area (TPSA) is 13.1 Å². The van der Waals surface area contributed by atoms with Gasteiger partial charge in [0.15, 0.2) is 0 Å². The zero-order valence-electron chi connectivity index (χ0n) is 24.7. The highest BCUT2D eigenvalue weighted by Crippen LogP contribution is 2.49. The van der Waals surface area contributed by atoms with Crippen LogP contribution in [0.15, 0.2) is 150 Å². The van der Waals surface area contributed by atoms with Crippen LogP contribution in [-0.2, 0) is 12.8 Å². The van der Waals surface area contributed by atoms with Gasteiger partial charge < -0.3 is 4.42 Å². The SMILES string of the molecule is c1ccc2c(c1)CCc1oc3c(-c4c5ccccc5c(-c5cc6ccccc6c6ccccc56)c5ccccc45)cccc3c1-2. The predicted molar refractivity (Wildman–Crippen MR) is 190 cm³/mol. The summed E-state index contributed by atoms with van der Waals surface area (Å²) in [5.41, 5.74) is 9.91. The fourth-order valence-corrected chi connectivity index (χ4v) is 8.04. The molecule has 1 aliphatic carbocycles. The van der Waals surface area contributed by atoms with E-state index in [2.05, 4.69) is 146 Å². The summed E-state index contributed by atoms with van der Waals surface area (Å²) in [6.07, 6.45) is 1.94. The lowest BCUT2D eigenvalue weighted by Crippen LogP contribution is -2.00. The highest BCUT2D eigenvalue weighted by molar-refractivity contribution is 6.27. The van der Waals surface area contributed by atoms with Crippen LogP contribution in [0.5, 0.6) is 0 Å². The summed E-state index contributed by atoms with van der Waals surface area (Å²) >= 11 is 0. The van der Waals surface area contributed by atoms with E-state index < -0.39 is 0 Å². The standard InChI is InChI=1S/C44H28O/c1-4-15-30-27(12-1)24-25-40-43(30)38-23-11-22-37(44(38)45-40)41-33-18-7-9-20-35(33)42(36-21-10-8-19-34(36)41)39-26-28-13-2-3-14-29(28)31-16-5-6-17-32(31)39/h1-23,26H,24-25H2. The van der Waals surface area contributed by atoms with Crippen molar-refractivity contribution in [2.45, 2.75) is 12.8 Å². The van der Waals surface area contributed by atoms with Crippen LogP contribution in [0.2, 0.25) is 0 Å². The number of benzene rings is 8. The third-order valence-corrected chi connectivity index (χ3v) is 9.93. The first-order valence-electron chi connectivity index (χ1n) is 15.8. The molecule has 10 rings (SSSR count). The molecular weight excluding hydrogens is 544 g/mol. The van der Waals surface area contributed by atoms with Crippen molar-refractivity contribution in [2.75, 3.05) is 0 Å². The van der Waals surface area contributed by atoms with E-state index in [0.717, 1.165) is 29.7 Å². The maximum atomic E-state index is 6.85. The first-order chi connectivity index (χ1) is 22.3. The van der Waals surface area contributed by atoms with Crippen LogP contribution in [0, 0.1) is 0 Å². The fraction of sp³-hybridized carbons (Fsp3) is 0.0455. The van der Waals surface area contributed by atoms with Crippen LogP contribution < -0.4 is 0 Å². The molecule has 0 spiro atoms. The van der Waals surface area contributed by atoms with E-state index in [1.165, 1.54) is 81.9 Å². The Labute approximate surface area is 261 Å². The van der Waals surface area contributed by atoms with E-state index in [9.17, 15) is 0 Å². The van der Waals surface area contributed by atoms with Gasteiger partial charge in [-0.1, -0.05) is 140 Å². The number of aryl methyl sites for hydroxylation is 2. The number of para-hydroxylation sites is 1. The predicted octanol–water partition coefficient (Wildman–Crippen LogP) is 12.1. The molecule has 1 nitrogen and oxygen atoms in total. The lowest BCUT2D eigenvalue weighted by atomic mass is 9.83. The molecule has 0 bridgehead atoms. The van der Waals surface area contributed by atoms with E-state index in [1.54, 1.807) is 0 Å². The molecule has 0 saturated heterocycles. The minimum atomic E-state index is 0.927. The smallest absolute Gasteiger partial charge is 0.142 e. The lowest BCUT2D eigenvalue weighted by molar-refractivity contribution is 0.547. The molecule has 8 aromatic carbocycles. The Morgan fingerprint density at radius 1 is 0.356 bits per heavy atom. The molecule has 1 aromatic heterocycles. The molecule has 1 heteroatoms. The second-order valence-electron chi connectivity index (χ2n) is 12.3. The second kappa shape index (κ2) is 9.42. The maximum Gasteiger partial charge on any atom is 0.142 e. The van der Waals surface area contributed by atoms with E-state index in [4.69, 9.17) is 4.42 Å². The maximum absolute atomic E-state index is 6.85. The van der Waals surface area contributed by atoms with Crippen LogP contribution in [0.1, 0.15) is 11.3 Å². The Morgan fingerprint density at radius 3 is 1.62 bits per heavy atom. The first kappa shape index (κ1) is 24.7. The number of rotatable bonds is 2. The molecule has 0 N–H and O–H groups in total. The van der Waals surface area contributed by atoms with Crippen molar-refractivity contribution >= 4 is 54.1 Å². The zero-order valence-corrected chi connectivity index (χ0v) is 24.7. The Balaban J connectivity index is 1.34. The highest BCUT2D eigenvalue weighted by Gasteiger charge is 2.26. The van der Waals surface area contributed by atoms with Crippen LogP contribution in [0.4, 0.5) is 0 Å². The lowest BCUT2D eigenvalue weighted by Gasteiger charge is -2.19. The van der Waals surface area contributed by atoms with Crippen molar-refractivity contribution in [3.63, 3.8) is 0 Å². The molecular formula is C44H28O. The molecule has 210 valence electrons. The molecule has 9 aromatic rings. The third kappa shape index (κ3) is 3.50. The van der Waals surface area contributed by atoms with Gasteiger partial charge in [-0.25, -0.2) is 0 Å². The van der Waals surface area contributed by atoms with Crippen molar-refractivity contribution in [1.29, 1.82) is 0 Å². The van der Waals surface area contributed by atoms with Crippen LogP contribution in [0.25, 0.3) is 87.4 Å². The van der Waals surface area contributed by atoms with Gasteiger partial charge in [0, 0.05) is 28.5 Å². The minimum absolute atomic E-state index is 0.927. The molecule has 0 fully saturated rings. The van der Waals surface area contributed by atoms with Gasteiger partial charge in [0.1, 0.15) is 11.3 Å². The molecule has 1 heterocycles. The molecule has 0 unspecified atom stereocenters. The van der Waals surface area contributed by atoms with Crippen molar-refractivity contribution in [2.24, 2.45) is 0 Å². The summed E-state index contributed by atoms with van der Waals surface area (Å²) in [5.74, 6) is 1.10. The Morgan fingerprint density at radius 2 is 0.889 bits per heavy atom. The largest absolute Gasteiger partial charge is 0.460 e. The van der Waals surface area contributed by atoms with E-state index in [1.807, 2.05) is 0 Å².